The lowest BCUT2D eigenvalue weighted by Gasteiger charge is -2.27. The monoisotopic (exact) mass is 421 g/mol. The van der Waals surface area contributed by atoms with Gasteiger partial charge in [-0.2, -0.15) is 0 Å². The van der Waals surface area contributed by atoms with E-state index in [9.17, 15) is 4.79 Å². The molecule has 0 aliphatic carbocycles. The number of aromatic amines is 1. The van der Waals surface area contributed by atoms with Crippen LogP contribution in [0.15, 0.2) is 82.3 Å². The van der Waals surface area contributed by atoms with Crippen LogP contribution < -0.4 is 10.3 Å². The van der Waals surface area contributed by atoms with Crippen molar-refractivity contribution in [3.63, 3.8) is 0 Å². The summed E-state index contributed by atoms with van der Waals surface area (Å²) >= 11 is 0. The van der Waals surface area contributed by atoms with Crippen LogP contribution in [0.25, 0.3) is 44.3 Å². The van der Waals surface area contributed by atoms with Crippen molar-refractivity contribution in [1.82, 2.24) is 9.97 Å². The van der Waals surface area contributed by atoms with E-state index >= 15 is 0 Å². The van der Waals surface area contributed by atoms with E-state index in [0.29, 0.717) is 16.9 Å². The maximum absolute atomic E-state index is 12.9. The second kappa shape index (κ2) is 7.68. The first-order chi connectivity index (χ1) is 15.8. The fraction of sp³-hybridized carbons (Fsp3) is 0.185. The summed E-state index contributed by atoms with van der Waals surface area (Å²) in [7, 11) is 0. The largest absolute Gasteiger partial charge is 0.440 e. The van der Waals surface area contributed by atoms with Gasteiger partial charge in [0.15, 0.2) is 11.3 Å². The van der Waals surface area contributed by atoms with Crippen molar-refractivity contribution < 1.29 is 4.42 Å². The zero-order chi connectivity index (χ0) is 21.5. The predicted octanol–water partition coefficient (Wildman–Crippen LogP) is 5.99. The molecule has 0 bridgehead atoms. The Labute approximate surface area is 185 Å². The summed E-state index contributed by atoms with van der Waals surface area (Å²) in [4.78, 5) is 23.0. The molecule has 0 saturated carbocycles. The Morgan fingerprint density at radius 1 is 0.906 bits per heavy atom. The number of hydrogen-bond acceptors (Lipinski definition) is 4. The standard InChI is InChI=1S/C27H23N3O2/c31-25-17-26(30-13-2-1-3-14-30)32-27-21(5-4-6-22(25)27)19-10-12-29-24(15-19)20-8-7-18-9-11-28-23(18)16-20/h4-12,15-17,28H,1-3,13-14H2. The summed E-state index contributed by atoms with van der Waals surface area (Å²) in [6.07, 6.45) is 7.24. The zero-order valence-electron chi connectivity index (χ0n) is 17.7. The maximum Gasteiger partial charge on any atom is 0.200 e. The van der Waals surface area contributed by atoms with Crippen LogP contribution in [0.1, 0.15) is 19.3 Å². The molecule has 2 aromatic carbocycles. The topological polar surface area (TPSA) is 62.1 Å². The SMILES string of the molecule is O=c1cc(N2CCCCC2)oc2c(-c3ccnc(-c4ccc5cc[nH]c5c4)c3)cccc12. The van der Waals surface area contributed by atoms with E-state index in [-0.39, 0.29) is 5.43 Å². The Balaban J connectivity index is 1.48. The molecule has 0 unspecified atom stereocenters. The fourth-order valence-corrected chi connectivity index (χ4v) is 4.63. The molecule has 1 N–H and O–H groups in total. The van der Waals surface area contributed by atoms with Crippen molar-refractivity contribution in [3.8, 4) is 22.4 Å². The van der Waals surface area contributed by atoms with E-state index in [1.54, 1.807) is 6.07 Å². The van der Waals surface area contributed by atoms with Gasteiger partial charge in [0.1, 0.15) is 5.58 Å². The number of benzene rings is 2. The third-order valence-electron chi connectivity index (χ3n) is 6.33. The Kier molecular flexibility index (Phi) is 4.53. The molecule has 1 aliphatic rings. The van der Waals surface area contributed by atoms with Gasteiger partial charge in [-0.1, -0.05) is 24.3 Å². The molecule has 32 heavy (non-hydrogen) atoms. The first-order valence-electron chi connectivity index (χ1n) is 11.1. The van der Waals surface area contributed by atoms with Crippen molar-refractivity contribution >= 4 is 27.8 Å². The van der Waals surface area contributed by atoms with E-state index < -0.39 is 0 Å². The average Bonchev–Trinajstić information content (AvgIpc) is 3.32. The number of pyridine rings is 1. The van der Waals surface area contributed by atoms with Crippen LogP contribution in [0.5, 0.6) is 0 Å². The molecule has 5 aromatic rings. The highest BCUT2D eigenvalue weighted by Crippen LogP contribution is 2.32. The predicted molar refractivity (Wildman–Crippen MR) is 129 cm³/mol. The van der Waals surface area contributed by atoms with E-state index in [1.807, 2.05) is 36.7 Å². The number of aromatic nitrogens is 2. The number of H-pyrrole nitrogens is 1. The second-order valence-corrected chi connectivity index (χ2v) is 8.39. The molecule has 1 saturated heterocycles. The molecule has 0 radical (unpaired) electrons. The lowest BCUT2D eigenvalue weighted by atomic mass is 10.0. The number of fused-ring (bicyclic) bond motifs is 2. The van der Waals surface area contributed by atoms with Crippen LogP contribution in [-0.4, -0.2) is 23.1 Å². The summed E-state index contributed by atoms with van der Waals surface area (Å²) in [5.41, 5.74) is 5.52. The highest BCUT2D eigenvalue weighted by atomic mass is 16.4. The Morgan fingerprint density at radius 3 is 2.72 bits per heavy atom. The molecule has 3 aromatic heterocycles. The number of nitrogens with zero attached hydrogens (tertiary/aromatic N) is 2. The zero-order valence-corrected chi connectivity index (χ0v) is 17.7. The smallest absolute Gasteiger partial charge is 0.200 e. The van der Waals surface area contributed by atoms with Gasteiger partial charge in [-0.25, -0.2) is 0 Å². The molecule has 4 heterocycles. The minimum absolute atomic E-state index is 0.000139. The van der Waals surface area contributed by atoms with Gasteiger partial charge in [0, 0.05) is 48.2 Å². The summed E-state index contributed by atoms with van der Waals surface area (Å²) in [6.45, 7) is 1.86. The Hall–Kier alpha value is -3.86. The number of para-hydroxylation sites is 1. The lowest BCUT2D eigenvalue weighted by molar-refractivity contribution is 0.513. The quantitative estimate of drug-likeness (QED) is 0.388. The average molecular weight is 422 g/mol. The first-order valence-corrected chi connectivity index (χ1v) is 11.1. The first kappa shape index (κ1) is 18.9. The van der Waals surface area contributed by atoms with Gasteiger partial charge in [0.2, 0.25) is 0 Å². The van der Waals surface area contributed by atoms with Crippen molar-refractivity contribution in [2.24, 2.45) is 0 Å². The summed E-state index contributed by atoms with van der Waals surface area (Å²) in [6, 6.07) is 19.8. The van der Waals surface area contributed by atoms with Gasteiger partial charge >= 0.3 is 0 Å². The number of rotatable bonds is 3. The number of anilines is 1. The van der Waals surface area contributed by atoms with Gasteiger partial charge in [-0.3, -0.25) is 9.78 Å². The summed E-state index contributed by atoms with van der Waals surface area (Å²) in [5.74, 6) is 0.668. The van der Waals surface area contributed by atoms with Gasteiger partial charge in [0.05, 0.1) is 11.1 Å². The number of hydrogen-bond donors (Lipinski definition) is 1. The molecular formula is C27H23N3O2. The highest BCUT2D eigenvalue weighted by molar-refractivity contribution is 5.93. The minimum atomic E-state index is 0.000139. The molecular weight excluding hydrogens is 398 g/mol. The molecule has 0 spiro atoms. The van der Waals surface area contributed by atoms with Crippen molar-refractivity contribution in [2.45, 2.75) is 19.3 Å². The van der Waals surface area contributed by atoms with Crippen LogP contribution in [0.2, 0.25) is 0 Å². The fourth-order valence-electron chi connectivity index (χ4n) is 4.63. The Morgan fingerprint density at radius 2 is 1.81 bits per heavy atom. The maximum atomic E-state index is 12.9. The molecule has 6 rings (SSSR count). The number of piperidine rings is 1. The minimum Gasteiger partial charge on any atom is -0.440 e. The third kappa shape index (κ3) is 3.26. The van der Waals surface area contributed by atoms with Gasteiger partial charge in [0.25, 0.3) is 0 Å². The van der Waals surface area contributed by atoms with Crippen LogP contribution in [-0.2, 0) is 0 Å². The van der Waals surface area contributed by atoms with Gasteiger partial charge in [-0.15, -0.1) is 0 Å². The Bertz CT molecular complexity index is 1490. The molecule has 5 nitrogen and oxygen atoms in total. The second-order valence-electron chi connectivity index (χ2n) is 8.39. The van der Waals surface area contributed by atoms with Gasteiger partial charge in [-0.05, 0) is 60.5 Å². The summed E-state index contributed by atoms with van der Waals surface area (Å²) < 4.78 is 6.36. The lowest BCUT2D eigenvalue weighted by Crippen LogP contribution is -2.30. The highest BCUT2D eigenvalue weighted by Gasteiger charge is 2.17. The van der Waals surface area contributed by atoms with Crippen LogP contribution >= 0.6 is 0 Å². The molecule has 158 valence electrons. The molecule has 1 aliphatic heterocycles. The van der Waals surface area contributed by atoms with Crippen LogP contribution in [0.3, 0.4) is 0 Å². The van der Waals surface area contributed by atoms with E-state index in [4.69, 9.17) is 4.42 Å². The van der Waals surface area contributed by atoms with Crippen molar-refractivity contribution in [2.75, 3.05) is 18.0 Å². The van der Waals surface area contributed by atoms with E-state index in [1.165, 1.54) is 11.8 Å². The van der Waals surface area contributed by atoms with Gasteiger partial charge < -0.3 is 14.3 Å². The molecule has 0 amide bonds. The van der Waals surface area contributed by atoms with E-state index in [2.05, 4.69) is 45.2 Å². The summed E-state index contributed by atoms with van der Waals surface area (Å²) in [5, 5.41) is 1.78. The number of nitrogens with one attached hydrogen (secondary N) is 1. The van der Waals surface area contributed by atoms with Crippen molar-refractivity contribution in [1.29, 1.82) is 0 Å². The van der Waals surface area contributed by atoms with Crippen LogP contribution in [0.4, 0.5) is 5.88 Å². The molecule has 1 fully saturated rings. The third-order valence-corrected chi connectivity index (χ3v) is 6.33. The normalized spacial score (nSPS) is 14.3. The van der Waals surface area contributed by atoms with E-state index in [0.717, 1.165) is 53.8 Å². The molecule has 0 atom stereocenters. The van der Waals surface area contributed by atoms with Crippen LogP contribution in [0, 0.1) is 0 Å². The molecule has 5 heteroatoms. The van der Waals surface area contributed by atoms with Crippen molar-refractivity contribution in [3.05, 3.63) is 83.3 Å².